The van der Waals surface area contributed by atoms with E-state index < -0.39 is 0 Å². The first-order valence-corrected chi connectivity index (χ1v) is 8.98. The Kier molecular flexibility index (Phi) is 4.66. The Balaban J connectivity index is 1.49. The average Bonchev–Trinajstić information content (AvgIpc) is 3.40. The number of benzene rings is 2. The van der Waals surface area contributed by atoms with Crippen LogP contribution in [0.25, 0.3) is 11.4 Å². The van der Waals surface area contributed by atoms with Gasteiger partial charge >= 0.3 is 0 Å². The van der Waals surface area contributed by atoms with Crippen molar-refractivity contribution in [2.45, 2.75) is 38.9 Å². The fourth-order valence-corrected chi connectivity index (χ4v) is 3.07. The van der Waals surface area contributed by atoms with Crippen molar-refractivity contribution in [1.82, 2.24) is 25.1 Å². The van der Waals surface area contributed by atoms with E-state index in [0.717, 1.165) is 24.0 Å². The van der Waals surface area contributed by atoms with Gasteiger partial charge < -0.3 is 4.90 Å². The standard InChI is InChI=1S/C20H20FN5O/c1-14-6-2-4-8-17(14)20-22-24-26(23-20)13-19(27)25(16-10-11-16)12-15-7-3-5-9-18(15)21/h2-9,16H,10-13H2,1H3. The SMILES string of the molecule is Cc1ccccc1-c1nnn(CC(=O)N(Cc2ccccc2F)C2CC2)n1. The van der Waals surface area contributed by atoms with E-state index in [9.17, 15) is 9.18 Å². The molecule has 0 N–H and O–H groups in total. The summed E-state index contributed by atoms with van der Waals surface area (Å²) in [6.45, 7) is 2.23. The van der Waals surface area contributed by atoms with Crippen molar-refractivity contribution >= 4 is 5.91 Å². The van der Waals surface area contributed by atoms with Crippen molar-refractivity contribution < 1.29 is 9.18 Å². The summed E-state index contributed by atoms with van der Waals surface area (Å²) in [4.78, 5) is 15.8. The molecule has 1 saturated carbocycles. The van der Waals surface area contributed by atoms with Gasteiger partial charge in [-0.25, -0.2) is 4.39 Å². The normalized spacial score (nSPS) is 13.6. The van der Waals surface area contributed by atoms with Gasteiger partial charge in [-0.2, -0.15) is 4.80 Å². The summed E-state index contributed by atoms with van der Waals surface area (Å²) < 4.78 is 14.0. The van der Waals surface area contributed by atoms with Crippen molar-refractivity contribution in [3.8, 4) is 11.4 Å². The lowest BCUT2D eigenvalue weighted by Gasteiger charge is -2.22. The Labute approximate surface area is 156 Å². The number of amides is 1. The van der Waals surface area contributed by atoms with Gasteiger partial charge in [0, 0.05) is 23.7 Å². The molecule has 2 aromatic carbocycles. The maximum Gasteiger partial charge on any atom is 0.246 e. The molecule has 0 saturated heterocycles. The highest BCUT2D eigenvalue weighted by Crippen LogP contribution is 2.29. The zero-order valence-corrected chi connectivity index (χ0v) is 15.0. The van der Waals surface area contributed by atoms with Gasteiger partial charge in [0.1, 0.15) is 12.4 Å². The third-order valence-electron chi connectivity index (χ3n) is 4.72. The lowest BCUT2D eigenvalue weighted by Crippen LogP contribution is -2.36. The number of hydrogen-bond acceptors (Lipinski definition) is 4. The Hall–Kier alpha value is -3.09. The predicted molar refractivity (Wildman–Crippen MR) is 98.0 cm³/mol. The molecule has 0 bridgehead atoms. The molecule has 1 fully saturated rings. The van der Waals surface area contributed by atoms with Crippen molar-refractivity contribution in [1.29, 1.82) is 0 Å². The molecule has 27 heavy (non-hydrogen) atoms. The van der Waals surface area contributed by atoms with Crippen molar-refractivity contribution in [3.05, 3.63) is 65.5 Å². The Morgan fingerprint density at radius 3 is 2.67 bits per heavy atom. The number of carbonyl (C=O) groups is 1. The first-order valence-electron chi connectivity index (χ1n) is 8.98. The fourth-order valence-electron chi connectivity index (χ4n) is 3.07. The topological polar surface area (TPSA) is 63.9 Å². The van der Waals surface area contributed by atoms with Gasteiger partial charge in [-0.1, -0.05) is 42.5 Å². The van der Waals surface area contributed by atoms with Crippen molar-refractivity contribution in [2.24, 2.45) is 0 Å². The van der Waals surface area contributed by atoms with E-state index in [2.05, 4.69) is 15.4 Å². The number of tetrazole rings is 1. The molecule has 3 aromatic rings. The van der Waals surface area contributed by atoms with Crippen LogP contribution in [0.15, 0.2) is 48.5 Å². The summed E-state index contributed by atoms with van der Waals surface area (Å²) in [5, 5.41) is 12.4. The number of carbonyl (C=O) groups excluding carboxylic acids is 1. The van der Waals surface area contributed by atoms with E-state index >= 15 is 0 Å². The van der Waals surface area contributed by atoms with E-state index in [4.69, 9.17) is 0 Å². The largest absolute Gasteiger partial charge is 0.334 e. The third-order valence-corrected chi connectivity index (χ3v) is 4.72. The highest BCUT2D eigenvalue weighted by Gasteiger charge is 2.33. The number of aromatic nitrogens is 4. The zero-order chi connectivity index (χ0) is 18.8. The lowest BCUT2D eigenvalue weighted by molar-refractivity contribution is -0.133. The van der Waals surface area contributed by atoms with Crippen LogP contribution in [0.4, 0.5) is 4.39 Å². The molecule has 1 amide bonds. The van der Waals surface area contributed by atoms with Gasteiger partial charge in [-0.05, 0) is 36.6 Å². The molecular formula is C20H20FN5O. The zero-order valence-electron chi connectivity index (χ0n) is 15.0. The first-order chi connectivity index (χ1) is 13.1. The molecule has 4 rings (SSSR count). The summed E-state index contributed by atoms with van der Waals surface area (Å²) in [6.07, 6.45) is 1.89. The van der Waals surface area contributed by atoms with Crippen LogP contribution in [0.2, 0.25) is 0 Å². The van der Waals surface area contributed by atoms with Crippen LogP contribution in [0.3, 0.4) is 0 Å². The van der Waals surface area contributed by atoms with Gasteiger partial charge in [0.2, 0.25) is 11.7 Å². The van der Waals surface area contributed by atoms with E-state index in [1.54, 1.807) is 23.1 Å². The van der Waals surface area contributed by atoms with Crippen molar-refractivity contribution in [2.75, 3.05) is 0 Å². The summed E-state index contributed by atoms with van der Waals surface area (Å²) in [5.74, 6) is 0.0686. The van der Waals surface area contributed by atoms with Crippen molar-refractivity contribution in [3.63, 3.8) is 0 Å². The van der Waals surface area contributed by atoms with Crippen LogP contribution in [0.1, 0.15) is 24.0 Å². The van der Waals surface area contributed by atoms with E-state index in [-0.39, 0.29) is 30.9 Å². The Morgan fingerprint density at radius 1 is 1.19 bits per heavy atom. The summed E-state index contributed by atoms with van der Waals surface area (Å²) in [6, 6.07) is 14.5. The molecular weight excluding hydrogens is 345 g/mol. The van der Waals surface area contributed by atoms with Gasteiger partial charge in [-0.3, -0.25) is 4.79 Å². The Bertz CT molecular complexity index is 966. The fraction of sp³-hybridized carbons (Fsp3) is 0.300. The van der Waals surface area contributed by atoms with Crippen LogP contribution in [0, 0.1) is 12.7 Å². The summed E-state index contributed by atoms with van der Waals surface area (Å²) in [7, 11) is 0. The molecule has 1 aliphatic rings. The van der Waals surface area contributed by atoms with Crippen LogP contribution >= 0.6 is 0 Å². The van der Waals surface area contributed by atoms with Crippen LogP contribution in [0.5, 0.6) is 0 Å². The Morgan fingerprint density at radius 2 is 1.93 bits per heavy atom. The van der Waals surface area contributed by atoms with Gasteiger partial charge in [-0.15, -0.1) is 10.2 Å². The molecule has 0 aliphatic heterocycles. The molecule has 7 heteroatoms. The molecule has 0 spiro atoms. The van der Waals surface area contributed by atoms with Crippen LogP contribution in [-0.2, 0) is 17.9 Å². The number of nitrogens with zero attached hydrogens (tertiary/aromatic N) is 5. The summed E-state index contributed by atoms with van der Waals surface area (Å²) >= 11 is 0. The average molecular weight is 365 g/mol. The highest BCUT2D eigenvalue weighted by atomic mass is 19.1. The van der Waals surface area contributed by atoms with Crippen LogP contribution < -0.4 is 0 Å². The number of halogens is 1. The van der Waals surface area contributed by atoms with E-state index in [1.165, 1.54) is 10.9 Å². The molecule has 0 atom stereocenters. The molecule has 0 unspecified atom stereocenters. The molecule has 1 aliphatic carbocycles. The molecule has 6 nitrogen and oxygen atoms in total. The predicted octanol–water partition coefficient (Wildman–Crippen LogP) is 2.98. The lowest BCUT2D eigenvalue weighted by atomic mass is 10.1. The minimum Gasteiger partial charge on any atom is -0.334 e. The van der Waals surface area contributed by atoms with Crippen LogP contribution in [-0.4, -0.2) is 37.1 Å². The second kappa shape index (κ2) is 7.26. The molecule has 1 heterocycles. The minimum absolute atomic E-state index is 0.0101. The maximum atomic E-state index is 14.0. The van der Waals surface area contributed by atoms with E-state index in [1.807, 2.05) is 31.2 Å². The summed E-state index contributed by atoms with van der Waals surface area (Å²) in [5.41, 5.74) is 2.45. The van der Waals surface area contributed by atoms with E-state index in [0.29, 0.717) is 11.4 Å². The van der Waals surface area contributed by atoms with Gasteiger partial charge in [0.15, 0.2) is 0 Å². The number of rotatable bonds is 6. The molecule has 0 radical (unpaired) electrons. The second-order valence-corrected chi connectivity index (χ2v) is 6.80. The second-order valence-electron chi connectivity index (χ2n) is 6.80. The highest BCUT2D eigenvalue weighted by molar-refractivity contribution is 5.76. The monoisotopic (exact) mass is 365 g/mol. The first kappa shape index (κ1) is 17.3. The minimum atomic E-state index is -0.295. The quantitative estimate of drug-likeness (QED) is 0.674. The third kappa shape index (κ3) is 3.86. The van der Waals surface area contributed by atoms with Gasteiger partial charge in [0.05, 0.1) is 0 Å². The van der Waals surface area contributed by atoms with Gasteiger partial charge in [0.25, 0.3) is 0 Å². The maximum absolute atomic E-state index is 14.0. The number of aryl methyl sites for hydroxylation is 1. The number of hydrogen-bond donors (Lipinski definition) is 0. The molecule has 138 valence electrons. The smallest absolute Gasteiger partial charge is 0.246 e. The molecule has 1 aromatic heterocycles.